The first-order chi connectivity index (χ1) is 14.8. The van der Waals surface area contributed by atoms with Gasteiger partial charge < -0.3 is 15.4 Å². The van der Waals surface area contributed by atoms with E-state index in [1.54, 1.807) is 0 Å². The standard InChI is InChI=1S/C26H35N3O2/c1-25(2)17-23(26(3,4)29-25)24(30)28-16-8-15-27-18-20-11-13-22(14-12-20)31-19-21-9-6-5-7-10-21/h5-7,9-14,17,27,29H,8,15-16,18-19H2,1-4H3,(H,28,30). The number of nitrogens with one attached hydrogen (secondary N) is 3. The highest BCUT2D eigenvalue weighted by atomic mass is 16.5. The lowest BCUT2D eigenvalue weighted by atomic mass is 9.96. The van der Waals surface area contributed by atoms with E-state index in [2.05, 4.69) is 54.1 Å². The molecule has 0 saturated carbocycles. The lowest BCUT2D eigenvalue weighted by Crippen LogP contribution is -2.47. The summed E-state index contributed by atoms with van der Waals surface area (Å²) in [5, 5.41) is 9.96. The minimum absolute atomic E-state index is 0.0224. The van der Waals surface area contributed by atoms with E-state index in [4.69, 9.17) is 4.74 Å². The fourth-order valence-electron chi connectivity index (χ4n) is 3.99. The molecule has 1 aliphatic heterocycles. The van der Waals surface area contributed by atoms with Crippen LogP contribution in [0.2, 0.25) is 0 Å². The van der Waals surface area contributed by atoms with Crippen LogP contribution in [0.3, 0.4) is 0 Å². The zero-order valence-corrected chi connectivity index (χ0v) is 19.1. The van der Waals surface area contributed by atoms with Crippen LogP contribution < -0.4 is 20.7 Å². The molecule has 0 aliphatic carbocycles. The molecule has 3 N–H and O–H groups in total. The smallest absolute Gasteiger partial charge is 0.248 e. The second-order valence-corrected chi connectivity index (χ2v) is 9.23. The largest absolute Gasteiger partial charge is 0.489 e. The molecule has 3 rings (SSSR count). The summed E-state index contributed by atoms with van der Waals surface area (Å²) >= 11 is 0. The van der Waals surface area contributed by atoms with Gasteiger partial charge in [-0.3, -0.25) is 10.1 Å². The summed E-state index contributed by atoms with van der Waals surface area (Å²) in [5.41, 5.74) is 2.73. The predicted octanol–water partition coefficient (Wildman–Crippen LogP) is 3.95. The van der Waals surface area contributed by atoms with Gasteiger partial charge in [0.15, 0.2) is 0 Å². The van der Waals surface area contributed by atoms with Crippen molar-refractivity contribution in [3.05, 3.63) is 77.4 Å². The summed E-state index contributed by atoms with van der Waals surface area (Å²) in [4.78, 5) is 12.5. The molecule has 31 heavy (non-hydrogen) atoms. The van der Waals surface area contributed by atoms with Gasteiger partial charge in [-0.05, 0) is 63.9 Å². The number of benzene rings is 2. The molecule has 1 heterocycles. The molecule has 0 fully saturated rings. The lowest BCUT2D eigenvalue weighted by molar-refractivity contribution is -0.118. The third kappa shape index (κ3) is 6.94. The van der Waals surface area contributed by atoms with Gasteiger partial charge in [0.05, 0.1) is 0 Å². The Kier molecular flexibility index (Phi) is 7.52. The molecule has 5 nitrogen and oxygen atoms in total. The Morgan fingerprint density at radius 3 is 2.29 bits per heavy atom. The number of ether oxygens (including phenoxy) is 1. The second-order valence-electron chi connectivity index (χ2n) is 9.23. The van der Waals surface area contributed by atoms with E-state index in [9.17, 15) is 4.79 Å². The van der Waals surface area contributed by atoms with Crippen LogP contribution in [0.25, 0.3) is 0 Å². The Labute approximate surface area is 186 Å². The third-order valence-electron chi connectivity index (χ3n) is 5.37. The molecule has 2 aromatic carbocycles. The molecule has 0 radical (unpaired) electrons. The molecular formula is C26H35N3O2. The Morgan fingerprint density at radius 2 is 1.65 bits per heavy atom. The van der Waals surface area contributed by atoms with Crippen molar-refractivity contribution in [3.63, 3.8) is 0 Å². The van der Waals surface area contributed by atoms with Crippen LogP contribution in [0.5, 0.6) is 5.75 Å². The van der Waals surface area contributed by atoms with Crippen molar-refractivity contribution in [2.24, 2.45) is 0 Å². The molecule has 1 aliphatic rings. The Bertz CT molecular complexity index is 887. The molecule has 0 bridgehead atoms. The highest BCUT2D eigenvalue weighted by Gasteiger charge is 2.39. The topological polar surface area (TPSA) is 62.4 Å². The van der Waals surface area contributed by atoms with Crippen molar-refractivity contribution in [2.45, 2.75) is 58.3 Å². The van der Waals surface area contributed by atoms with Crippen molar-refractivity contribution in [1.82, 2.24) is 16.0 Å². The van der Waals surface area contributed by atoms with Crippen LogP contribution in [-0.4, -0.2) is 30.1 Å². The van der Waals surface area contributed by atoms with Gasteiger partial charge in [0, 0.05) is 29.7 Å². The summed E-state index contributed by atoms with van der Waals surface area (Å²) in [6.07, 6.45) is 2.92. The first-order valence-electron chi connectivity index (χ1n) is 11.0. The van der Waals surface area contributed by atoms with Crippen molar-refractivity contribution >= 4 is 5.91 Å². The average Bonchev–Trinajstić information content (AvgIpc) is 2.97. The van der Waals surface area contributed by atoms with Crippen LogP contribution in [0.1, 0.15) is 45.2 Å². The van der Waals surface area contributed by atoms with Gasteiger partial charge in [-0.15, -0.1) is 0 Å². The highest BCUT2D eigenvalue weighted by Crippen LogP contribution is 2.29. The van der Waals surface area contributed by atoms with E-state index in [0.29, 0.717) is 13.2 Å². The zero-order valence-electron chi connectivity index (χ0n) is 19.1. The normalized spacial score (nSPS) is 16.6. The molecule has 0 saturated heterocycles. The summed E-state index contributed by atoms with van der Waals surface area (Å²) in [7, 11) is 0. The first-order valence-corrected chi connectivity index (χ1v) is 11.0. The summed E-state index contributed by atoms with van der Waals surface area (Å²) in [5.74, 6) is 0.895. The maximum atomic E-state index is 12.5. The van der Waals surface area contributed by atoms with Crippen LogP contribution in [-0.2, 0) is 17.9 Å². The number of hydrogen-bond donors (Lipinski definition) is 3. The Hall–Kier alpha value is -2.63. The van der Waals surface area contributed by atoms with E-state index in [0.717, 1.165) is 36.4 Å². The van der Waals surface area contributed by atoms with E-state index >= 15 is 0 Å². The van der Waals surface area contributed by atoms with Gasteiger partial charge >= 0.3 is 0 Å². The maximum absolute atomic E-state index is 12.5. The summed E-state index contributed by atoms with van der Waals surface area (Å²) in [6, 6.07) is 18.3. The molecule has 0 spiro atoms. The lowest BCUT2D eigenvalue weighted by Gasteiger charge is -2.27. The molecule has 0 aromatic heterocycles. The van der Waals surface area contributed by atoms with Gasteiger partial charge in [0.2, 0.25) is 5.91 Å². The third-order valence-corrected chi connectivity index (χ3v) is 5.37. The number of amides is 1. The van der Waals surface area contributed by atoms with Gasteiger partial charge in [0.25, 0.3) is 0 Å². The quantitative estimate of drug-likeness (QED) is 0.509. The van der Waals surface area contributed by atoms with E-state index < -0.39 is 0 Å². The highest BCUT2D eigenvalue weighted by molar-refractivity contribution is 5.96. The fourth-order valence-corrected chi connectivity index (χ4v) is 3.99. The van der Waals surface area contributed by atoms with Crippen LogP contribution >= 0.6 is 0 Å². The maximum Gasteiger partial charge on any atom is 0.248 e. The number of hydrogen-bond acceptors (Lipinski definition) is 4. The molecule has 0 atom stereocenters. The fraction of sp³-hybridized carbons (Fsp3) is 0.423. The Morgan fingerprint density at radius 1 is 0.935 bits per heavy atom. The van der Waals surface area contributed by atoms with Crippen molar-refractivity contribution < 1.29 is 9.53 Å². The van der Waals surface area contributed by atoms with Crippen LogP contribution in [0.15, 0.2) is 66.2 Å². The average molecular weight is 422 g/mol. The van der Waals surface area contributed by atoms with E-state index in [1.807, 2.05) is 50.3 Å². The summed E-state index contributed by atoms with van der Waals surface area (Å²) in [6.45, 7) is 11.1. The molecule has 5 heteroatoms. The number of carbonyl (C=O) groups is 1. The number of carbonyl (C=O) groups excluding carboxylic acids is 1. The molecular weight excluding hydrogens is 386 g/mol. The van der Waals surface area contributed by atoms with E-state index in [1.165, 1.54) is 5.56 Å². The van der Waals surface area contributed by atoms with Gasteiger partial charge in [-0.25, -0.2) is 0 Å². The summed E-state index contributed by atoms with van der Waals surface area (Å²) < 4.78 is 5.83. The molecule has 1 amide bonds. The van der Waals surface area contributed by atoms with Crippen molar-refractivity contribution in [2.75, 3.05) is 13.1 Å². The minimum atomic E-state index is -0.303. The van der Waals surface area contributed by atoms with Gasteiger partial charge in [-0.1, -0.05) is 48.5 Å². The second kappa shape index (κ2) is 10.1. The van der Waals surface area contributed by atoms with Crippen LogP contribution in [0, 0.1) is 0 Å². The Balaban J connectivity index is 1.32. The molecule has 2 aromatic rings. The van der Waals surface area contributed by atoms with Gasteiger partial charge in [-0.2, -0.15) is 0 Å². The minimum Gasteiger partial charge on any atom is -0.489 e. The predicted molar refractivity (Wildman–Crippen MR) is 126 cm³/mol. The van der Waals surface area contributed by atoms with Gasteiger partial charge in [0.1, 0.15) is 12.4 Å². The molecule has 0 unspecified atom stereocenters. The zero-order chi connectivity index (χ0) is 22.3. The van der Waals surface area contributed by atoms with Crippen molar-refractivity contribution in [1.29, 1.82) is 0 Å². The van der Waals surface area contributed by atoms with Crippen LogP contribution in [0.4, 0.5) is 0 Å². The molecule has 166 valence electrons. The monoisotopic (exact) mass is 421 g/mol. The SMILES string of the molecule is CC1(C)C=C(C(=O)NCCCNCc2ccc(OCc3ccccc3)cc2)C(C)(C)N1. The van der Waals surface area contributed by atoms with Crippen molar-refractivity contribution in [3.8, 4) is 5.75 Å². The number of rotatable bonds is 10. The van der Waals surface area contributed by atoms with E-state index in [-0.39, 0.29) is 17.0 Å². The first kappa shape index (κ1) is 23.0.